The first-order valence-electron chi connectivity index (χ1n) is 8.34. The zero-order valence-electron chi connectivity index (χ0n) is 15.3. The summed E-state index contributed by atoms with van der Waals surface area (Å²) in [5.74, 6) is 0.899. The van der Waals surface area contributed by atoms with Crippen LogP contribution in [0.3, 0.4) is 0 Å². The molecule has 0 aliphatic heterocycles. The Kier molecular flexibility index (Phi) is 12.0. The van der Waals surface area contributed by atoms with Crippen molar-refractivity contribution >= 4 is 19.4 Å². The topological polar surface area (TPSA) is 35.5 Å². The number of unbranched alkanes of at least 4 members (excludes halogenated alkanes) is 1. The predicted octanol–water partition coefficient (Wildman–Crippen LogP) is 6.93. The summed E-state index contributed by atoms with van der Waals surface area (Å²) in [6.07, 6.45) is 6.79. The van der Waals surface area contributed by atoms with Crippen LogP contribution in [-0.2, 0) is 13.6 Å². The summed E-state index contributed by atoms with van der Waals surface area (Å²) in [4.78, 5) is 0. The van der Waals surface area contributed by atoms with Gasteiger partial charge in [-0.3, -0.25) is 4.57 Å². The number of thioether (sulfide) groups is 1. The summed E-state index contributed by atoms with van der Waals surface area (Å²) in [5, 5.41) is 0. The molecule has 0 aromatic rings. The van der Waals surface area contributed by atoms with E-state index in [4.69, 9.17) is 9.05 Å². The molecular formula is C18H33O3PS. The highest BCUT2D eigenvalue weighted by atomic mass is 32.2. The van der Waals surface area contributed by atoms with E-state index in [0.717, 1.165) is 28.8 Å². The molecule has 0 N–H and O–H groups in total. The second-order valence-corrected chi connectivity index (χ2v) is 9.17. The molecule has 0 radical (unpaired) electrons. The van der Waals surface area contributed by atoms with Crippen molar-refractivity contribution < 1.29 is 13.6 Å². The van der Waals surface area contributed by atoms with Crippen LogP contribution in [0.1, 0.15) is 60.3 Å². The number of rotatable bonds is 13. The predicted molar refractivity (Wildman–Crippen MR) is 104 cm³/mol. The number of allylic oxidation sites excluding steroid dienone is 3. The van der Waals surface area contributed by atoms with Crippen molar-refractivity contribution in [2.75, 3.05) is 5.75 Å². The third kappa shape index (κ3) is 8.95. The van der Waals surface area contributed by atoms with Gasteiger partial charge in [0.1, 0.15) is 0 Å². The van der Waals surface area contributed by atoms with Gasteiger partial charge in [-0.15, -0.1) is 24.9 Å². The first-order chi connectivity index (χ1) is 10.8. The zero-order chi connectivity index (χ0) is 17.9. The monoisotopic (exact) mass is 360 g/mol. The Morgan fingerprint density at radius 3 is 1.91 bits per heavy atom. The molecule has 134 valence electrons. The standard InChI is InChI=1S/C18H33O3PS/c1-8-11-14-23-18(17(12-9-2)13-10-3)22(19,20-15(4)5)21-16(6)7/h9-10,15-16H,2-3,8,11-14H2,1,4-7H3. The maximum Gasteiger partial charge on any atom is 0.368 e. The fourth-order valence-electron chi connectivity index (χ4n) is 1.97. The second-order valence-electron chi connectivity index (χ2n) is 5.90. The first kappa shape index (κ1) is 22.7. The summed E-state index contributed by atoms with van der Waals surface area (Å²) in [5.41, 5.74) is 1.03. The van der Waals surface area contributed by atoms with E-state index in [0.29, 0.717) is 12.8 Å². The second kappa shape index (κ2) is 12.1. The van der Waals surface area contributed by atoms with Crippen molar-refractivity contribution in [3.8, 4) is 0 Å². The fourth-order valence-corrected chi connectivity index (χ4v) is 6.05. The summed E-state index contributed by atoms with van der Waals surface area (Å²) < 4.78 is 25.9. The Balaban J connectivity index is 5.86. The van der Waals surface area contributed by atoms with E-state index in [2.05, 4.69) is 20.1 Å². The minimum atomic E-state index is -3.35. The van der Waals surface area contributed by atoms with Crippen molar-refractivity contribution in [1.29, 1.82) is 0 Å². The normalized spacial score (nSPS) is 11.8. The smallest absolute Gasteiger partial charge is 0.302 e. The Labute approximate surface area is 147 Å². The zero-order valence-corrected chi connectivity index (χ0v) is 17.1. The molecule has 0 unspecified atom stereocenters. The van der Waals surface area contributed by atoms with Gasteiger partial charge in [0.2, 0.25) is 0 Å². The van der Waals surface area contributed by atoms with Gasteiger partial charge in [-0.05, 0) is 58.3 Å². The molecule has 23 heavy (non-hydrogen) atoms. The van der Waals surface area contributed by atoms with Crippen molar-refractivity contribution in [1.82, 2.24) is 0 Å². The van der Waals surface area contributed by atoms with E-state index in [1.807, 2.05) is 39.8 Å². The SMILES string of the molecule is C=CCC(CC=C)=C(SCCCC)P(=O)(OC(C)C)OC(C)C. The van der Waals surface area contributed by atoms with Gasteiger partial charge in [0.05, 0.1) is 16.9 Å². The average molecular weight is 361 g/mol. The molecular weight excluding hydrogens is 327 g/mol. The van der Waals surface area contributed by atoms with Gasteiger partial charge in [0.15, 0.2) is 0 Å². The van der Waals surface area contributed by atoms with Gasteiger partial charge >= 0.3 is 7.60 Å². The molecule has 0 aliphatic carbocycles. The lowest BCUT2D eigenvalue weighted by atomic mass is 10.1. The van der Waals surface area contributed by atoms with Crippen LogP contribution in [0.25, 0.3) is 0 Å². The van der Waals surface area contributed by atoms with Gasteiger partial charge in [-0.25, -0.2) is 0 Å². The lowest BCUT2D eigenvalue weighted by Gasteiger charge is -2.26. The molecule has 3 nitrogen and oxygen atoms in total. The lowest BCUT2D eigenvalue weighted by molar-refractivity contribution is 0.148. The Morgan fingerprint density at radius 2 is 1.57 bits per heavy atom. The molecule has 0 aromatic carbocycles. The van der Waals surface area contributed by atoms with Crippen molar-refractivity contribution in [3.05, 3.63) is 35.5 Å². The van der Waals surface area contributed by atoms with E-state index in [1.54, 1.807) is 11.8 Å². The van der Waals surface area contributed by atoms with Crippen molar-refractivity contribution in [3.63, 3.8) is 0 Å². The molecule has 0 amide bonds. The number of hydrogen-bond donors (Lipinski definition) is 0. The molecule has 0 heterocycles. The third-order valence-corrected chi connectivity index (χ3v) is 7.09. The molecule has 0 rings (SSSR count). The molecule has 0 saturated heterocycles. The minimum Gasteiger partial charge on any atom is -0.302 e. The Morgan fingerprint density at radius 1 is 1.09 bits per heavy atom. The fraction of sp³-hybridized carbons (Fsp3) is 0.667. The van der Waals surface area contributed by atoms with Crippen LogP contribution in [0.15, 0.2) is 35.5 Å². The molecule has 0 bridgehead atoms. The quantitative estimate of drug-likeness (QED) is 0.203. The van der Waals surface area contributed by atoms with Gasteiger partial charge in [0.25, 0.3) is 0 Å². The van der Waals surface area contributed by atoms with Gasteiger partial charge in [-0.1, -0.05) is 25.5 Å². The molecule has 0 spiro atoms. The van der Waals surface area contributed by atoms with Crippen LogP contribution in [0.5, 0.6) is 0 Å². The van der Waals surface area contributed by atoms with Crippen LogP contribution in [0.4, 0.5) is 0 Å². The van der Waals surface area contributed by atoms with Crippen LogP contribution >= 0.6 is 19.4 Å². The molecule has 5 heteroatoms. The van der Waals surface area contributed by atoms with Crippen LogP contribution < -0.4 is 0 Å². The van der Waals surface area contributed by atoms with Gasteiger partial charge < -0.3 is 9.05 Å². The molecule has 0 aromatic heterocycles. The Bertz CT molecular complexity index is 416. The highest BCUT2D eigenvalue weighted by molar-refractivity contribution is 8.10. The molecule has 0 atom stereocenters. The van der Waals surface area contributed by atoms with Crippen LogP contribution in [0.2, 0.25) is 0 Å². The van der Waals surface area contributed by atoms with Crippen LogP contribution in [0, 0.1) is 0 Å². The van der Waals surface area contributed by atoms with E-state index in [1.165, 1.54) is 0 Å². The van der Waals surface area contributed by atoms with Crippen LogP contribution in [-0.4, -0.2) is 18.0 Å². The van der Waals surface area contributed by atoms with E-state index >= 15 is 0 Å². The molecule has 0 saturated carbocycles. The maximum atomic E-state index is 13.5. The van der Waals surface area contributed by atoms with Gasteiger partial charge in [-0.2, -0.15) is 0 Å². The summed E-state index contributed by atoms with van der Waals surface area (Å²) in [7, 11) is -3.35. The molecule has 0 fully saturated rings. The first-order valence-corrected chi connectivity index (χ1v) is 10.9. The average Bonchev–Trinajstić information content (AvgIpc) is 2.41. The molecule has 0 aliphatic rings. The summed E-state index contributed by atoms with van der Waals surface area (Å²) in [6.45, 7) is 17.3. The van der Waals surface area contributed by atoms with Gasteiger partial charge in [0, 0.05) is 0 Å². The largest absolute Gasteiger partial charge is 0.368 e. The third-order valence-electron chi connectivity index (χ3n) is 2.77. The highest BCUT2D eigenvalue weighted by Crippen LogP contribution is 2.63. The summed E-state index contributed by atoms with van der Waals surface area (Å²) >= 11 is 1.60. The van der Waals surface area contributed by atoms with Crippen molar-refractivity contribution in [2.24, 2.45) is 0 Å². The maximum absolute atomic E-state index is 13.5. The summed E-state index contributed by atoms with van der Waals surface area (Å²) in [6, 6.07) is 0. The Hall–Kier alpha value is -0.280. The van der Waals surface area contributed by atoms with E-state index in [9.17, 15) is 4.57 Å². The van der Waals surface area contributed by atoms with E-state index in [-0.39, 0.29) is 12.2 Å². The van der Waals surface area contributed by atoms with E-state index < -0.39 is 7.60 Å². The lowest BCUT2D eigenvalue weighted by Crippen LogP contribution is -2.10. The number of hydrogen-bond acceptors (Lipinski definition) is 4. The highest BCUT2D eigenvalue weighted by Gasteiger charge is 2.35. The van der Waals surface area contributed by atoms with Crippen molar-refractivity contribution in [2.45, 2.75) is 72.5 Å². The minimum absolute atomic E-state index is 0.171.